The van der Waals surface area contributed by atoms with Crippen molar-refractivity contribution in [2.75, 3.05) is 14.2 Å². The fourth-order valence-corrected chi connectivity index (χ4v) is 3.55. The van der Waals surface area contributed by atoms with E-state index in [0.29, 0.717) is 5.75 Å². The van der Waals surface area contributed by atoms with Crippen LogP contribution in [0.4, 0.5) is 0 Å². The predicted octanol–water partition coefficient (Wildman–Crippen LogP) is 3.96. The Morgan fingerprint density at radius 2 is 1.65 bits per heavy atom. The van der Waals surface area contributed by atoms with E-state index in [1.165, 1.54) is 0 Å². The SMILES string of the molecule is COC1=C(C)C(C)C(O)(c2ccccc2)c2cccc(OC)c21. The number of methoxy groups -OCH3 is 2. The molecule has 0 saturated heterocycles. The summed E-state index contributed by atoms with van der Waals surface area (Å²) in [4.78, 5) is 0. The maximum absolute atomic E-state index is 11.7. The van der Waals surface area contributed by atoms with Crippen molar-refractivity contribution in [2.45, 2.75) is 19.4 Å². The van der Waals surface area contributed by atoms with Gasteiger partial charge in [-0.05, 0) is 24.1 Å². The second-order valence-electron chi connectivity index (χ2n) is 5.95. The molecule has 2 atom stereocenters. The average Bonchev–Trinajstić information content (AvgIpc) is 2.60. The summed E-state index contributed by atoms with van der Waals surface area (Å²) in [6.07, 6.45) is 0. The second-order valence-corrected chi connectivity index (χ2v) is 5.95. The first kappa shape index (κ1) is 15.6. The van der Waals surface area contributed by atoms with Gasteiger partial charge in [0.25, 0.3) is 0 Å². The van der Waals surface area contributed by atoms with Gasteiger partial charge in [-0.2, -0.15) is 0 Å². The van der Waals surface area contributed by atoms with Crippen LogP contribution < -0.4 is 4.74 Å². The first-order chi connectivity index (χ1) is 11.1. The molecule has 3 nitrogen and oxygen atoms in total. The molecule has 3 rings (SSSR count). The van der Waals surface area contributed by atoms with E-state index in [1.54, 1.807) is 14.2 Å². The van der Waals surface area contributed by atoms with E-state index in [2.05, 4.69) is 0 Å². The Balaban J connectivity index is 2.37. The molecule has 120 valence electrons. The molecule has 0 spiro atoms. The lowest BCUT2D eigenvalue weighted by Gasteiger charge is -2.41. The fraction of sp³-hybridized carbons (Fsp3) is 0.300. The zero-order valence-electron chi connectivity index (χ0n) is 14.0. The van der Waals surface area contributed by atoms with Gasteiger partial charge in [-0.15, -0.1) is 0 Å². The highest BCUT2D eigenvalue weighted by Gasteiger charge is 2.45. The minimum absolute atomic E-state index is 0.112. The van der Waals surface area contributed by atoms with Gasteiger partial charge in [0.05, 0.1) is 19.8 Å². The number of aliphatic hydroxyl groups is 1. The molecule has 1 N–H and O–H groups in total. The second kappa shape index (κ2) is 5.74. The summed E-state index contributed by atoms with van der Waals surface area (Å²) in [5, 5.41) is 11.7. The van der Waals surface area contributed by atoms with E-state index in [4.69, 9.17) is 9.47 Å². The number of hydrogen-bond acceptors (Lipinski definition) is 3. The highest BCUT2D eigenvalue weighted by Crippen LogP contribution is 2.51. The van der Waals surface area contributed by atoms with E-state index in [-0.39, 0.29) is 5.92 Å². The van der Waals surface area contributed by atoms with Crippen LogP contribution in [0.3, 0.4) is 0 Å². The van der Waals surface area contributed by atoms with Crippen LogP contribution >= 0.6 is 0 Å². The van der Waals surface area contributed by atoms with Crippen molar-refractivity contribution in [3.8, 4) is 5.75 Å². The average molecular weight is 310 g/mol. The van der Waals surface area contributed by atoms with Gasteiger partial charge >= 0.3 is 0 Å². The zero-order chi connectivity index (χ0) is 16.6. The molecular formula is C20H22O3. The lowest BCUT2D eigenvalue weighted by Crippen LogP contribution is -2.39. The highest BCUT2D eigenvalue weighted by atomic mass is 16.5. The van der Waals surface area contributed by atoms with E-state index in [9.17, 15) is 5.11 Å². The largest absolute Gasteiger partial charge is 0.496 e. The quantitative estimate of drug-likeness (QED) is 0.932. The summed E-state index contributed by atoms with van der Waals surface area (Å²) in [7, 11) is 3.30. The normalized spacial score (nSPS) is 23.4. The summed E-state index contributed by atoms with van der Waals surface area (Å²) >= 11 is 0. The van der Waals surface area contributed by atoms with Crippen LogP contribution in [0.2, 0.25) is 0 Å². The predicted molar refractivity (Wildman–Crippen MR) is 91.2 cm³/mol. The first-order valence-electron chi connectivity index (χ1n) is 7.76. The minimum Gasteiger partial charge on any atom is -0.496 e. The number of fused-ring (bicyclic) bond motifs is 1. The zero-order valence-corrected chi connectivity index (χ0v) is 14.0. The summed E-state index contributed by atoms with van der Waals surface area (Å²) in [6.45, 7) is 4.04. The maximum Gasteiger partial charge on any atom is 0.130 e. The Kier molecular flexibility index (Phi) is 3.90. The van der Waals surface area contributed by atoms with E-state index < -0.39 is 5.60 Å². The Morgan fingerprint density at radius 3 is 2.26 bits per heavy atom. The van der Waals surface area contributed by atoms with Crippen molar-refractivity contribution in [1.82, 2.24) is 0 Å². The highest BCUT2D eigenvalue weighted by molar-refractivity contribution is 5.76. The van der Waals surface area contributed by atoms with Crippen LogP contribution in [0.15, 0.2) is 54.1 Å². The molecule has 23 heavy (non-hydrogen) atoms. The van der Waals surface area contributed by atoms with E-state index in [0.717, 1.165) is 28.0 Å². The Bertz CT molecular complexity index is 749. The van der Waals surface area contributed by atoms with Crippen molar-refractivity contribution >= 4 is 5.76 Å². The van der Waals surface area contributed by atoms with Crippen LogP contribution in [0.1, 0.15) is 30.5 Å². The van der Waals surface area contributed by atoms with Crippen molar-refractivity contribution < 1.29 is 14.6 Å². The van der Waals surface area contributed by atoms with Crippen LogP contribution in [0.5, 0.6) is 5.75 Å². The molecule has 0 saturated carbocycles. The van der Waals surface area contributed by atoms with Crippen LogP contribution in [0.25, 0.3) is 5.76 Å². The summed E-state index contributed by atoms with van der Waals surface area (Å²) < 4.78 is 11.2. The molecule has 0 aromatic heterocycles. The molecule has 0 amide bonds. The minimum atomic E-state index is -1.11. The van der Waals surface area contributed by atoms with Crippen molar-refractivity contribution in [1.29, 1.82) is 0 Å². The Morgan fingerprint density at radius 1 is 0.957 bits per heavy atom. The monoisotopic (exact) mass is 310 g/mol. The van der Waals surface area contributed by atoms with Gasteiger partial charge in [-0.1, -0.05) is 49.4 Å². The molecule has 3 heteroatoms. The van der Waals surface area contributed by atoms with Crippen molar-refractivity contribution in [3.63, 3.8) is 0 Å². The topological polar surface area (TPSA) is 38.7 Å². The third-order valence-corrected chi connectivity index (χ3v) is 4.94. The van der Waals surface area contributed by atoms with Gasteiger partial charge in [0, 0.05) is 11.5 Å². The molecular weight excluding hydrogens is 288 g/mol. The molecule has 0 bridgehead atoms. The molecule has 1 aliphatic rings. The molecule has 1 aliphatic carbocycles. The van der Waals surface area contributed by atoms with Gasteiger partial charge in [0.1, 0.15) is 17.1 Å². The Labute approximate surface area is 137 Å². The smallest absolute Gasteiger partial charge is 0.130 e. The summed E-state index contributed by atoms with van der Waals surface area (Å²) in [5.41, 5.74) is 2.42. The lowest BCUT2D eigenvalue weighted by molar-refractivity contribution is 0.0345. The molecule has 2 aromatic rings. The van der Waals surface area contributed by atoms with Crippen LogP contribution in [0, 0.1) is 5.92 Å². The number of hydrogen-bond donors (Lipinski definition) is 1. The van der Waals surface area contributed by atoms with Gasteiger partial charge in [0.2, 0.25) is 0 Å². The standard InChI is InChI=1S/C20H22O3/c1-13-14(2)20(21,15-9-6-5-7-10-15)16-11-8-12-17(22-3)18(16)19(13)23-4/h5-12,14,21H,1-4H3. The van der Waals surface area contributed by atoms with Gasteiger partial charge in [-0.3, -0.25) is 0 Å². The molecule has 0 aliphatic heterocycles. The molecule has 0 radical (unpaired) electrons. The van der Waals surface area contributed by atoms with Crippen molar-refractivity contribution in [3.05, 3.63) is 70.8 Å². The third kappa shape index (κ3) is 2.15. The number of benzene rings is 2. The Hall–Kier alpha value is -2.26. The van der Waals surface area contributed by atoms with Gasteiger partial charge in [0.15, 0.2) is 0 Å². The fourth-order valence-electron chi connectivity index (χ4n) is 3.55. The molecule has 2 unspecified atom stereocenters. The van der Waals surface area contributed by atoms with Gasteiger partial charge in [-0.25, -0.2) is 0 Å². The van der Waals surface area contributed by atoms with E-state index >= 15 is 0 Å². The maximum atomic E-state index is 11.7. The molecule has 2 aromatic carbocycles. The molecule has 0 heterocycles. The van der Waals surface area contributed by atoms with E-state index in [1.807, 2.05) is 62.4 Å². The van der Waals surface area contributed by atoms with Crippen LogP contribution in [-0.2, 0) is 10.3 Å². The van der Waals surface area contributed by atoms with Crippen LogP contribution in [-0.4, -0.2) is 19.3 Å². The molecule has 0 fully saturated rings. The first-order valence-corrected chi connectivity index (χ1v) is 7.76. The van der Waals surface area contributed by atoms with Crippen molar-refractivity contribution in [2.24, 2.45) is 5.92 Å². The summed E-state index contributed by atoms with van der Waals surface area (Å²) in [5.74, 6) is 1.38. The lowest BCUT2D eigenvalue weighted by atomic mass is 9.68. The van der Waals surface area contributed by atoms with Gasteiger partial charge < -0.3 is 14.6 Å². The summed E-state index contributed by atoms with van der Waals surface area (Å²) in [6, 6.07) is 15.5. The number of rotatable bonds is 3. The number of ether oxygens (including phenoxy) is 2. The third-order valence-electron chi connectivity index (χ3n) is 4.94.